The van der Waals surface area contributed by atoms with E-state index in [1.165, 1.54) is 25.1 Å². The monoisotopic (exact) mass is 227 g/mol. The van der Waals surface area contributed by atoms with Crippen LogP contribution in [0.4, 0.5) is 13.2 Å². The van der Waals surface area contributed by atoms with Crippen LogP contribution >= 0.6 is 0 Å². The summed E-state index contributed by atoms with van der Waals surface area (Å²) in [5.74, 6) is -0.554. The molecule has 16 heavy (non-hydrogen) atoms. The number of ketones is 1. The Labute approximate surface area is 90.3 Å². The van der Waals surface area contributed by atoms with Crippen LogP contribution in [0.2, 0.25) is 0 Å². The zero-order valence-corrected chi connectivity index (χ0v) is 8.64. The number of hydrogen-bond acceptors (Lipinski definition) is 2. The molecule has 0 N–H and O–H groups in total. The van der Waals surface area contributed by atoms with Gasteiger partial charge in [-0.2, -0.15) is 18.4 Å². The minimum atomic E-state index is -4.62. The smallest absolute Gasteiger partial charge is 0.294 e. The maximum absolute atomic E-state index is 12.7. The van der Waals surface area contributed by atoms with Crippen LogP contribution in [0.25, 0.3) is 0 Å². The van der Waals surface area contributed by atoms with E-state index >= 15 is 0 Å². The molecule has 0 aromatic heterocycles. The second-order valence-corrected chi connectivity index (χ2v) is 3.35. The number of nitrogens with zero attached hydrogens (tertiary/aromatic N) is 1. The van der Waals surface area contributed by atoms with Crippen LogP contribution in [0.15, 0.2) is 12.1 Å². The van der Waals surface area contributed by atoms with Gasteiger partial charge in [0.25, 0.3) is 0 Å². The van der Waals surface area contributed by atoms with E-state index in [1.807, 2.05) is 0 Å². The highest BCUT2D eigenvalue weighted by molar-refractivity contribution is 5.97. The molecule has 2 nitrogen and oxygen atoms in total. The number of hydrogen-bond donors (Lipinski definition) is 0. The van der Waals surface area contributed by atoms with E-state index in [9.17, 15) is 18.0 Å². The van der Waals surface area contributed by atoms with Crippen molar-refractivity contribution in [2.45, 2.75) is 20.0 Å². The van der Waals surface area contributed by atoms with E-state index in [0.717, 1.165) is 6.92 Å². The Morgan fingerprint density at radius 2 is 1.94 bits per heavy atom. The highest BCUT2D eigenvalue weighted by atomic mass is 19.4. The molecule has 0 atom stereocenters. The van der Waals surface area contributed by atoms with E-state index in [-0.39, 0.29) is 11.1 Å². The average Bonchev–Trinajstić information content (AvgIpc) is 2.14. The standard InChI is InChI=1S/C11H8F3NO/c1-6-3-4-8(7(2)16)9(5-15)10(6)11(12,13)14/h3-4H,1-2H3. The number of halogens is 3. The molecule has 0 aliphatic carbocycles. The van der Waals surface area contributed by atoms with Crippen molar-refractivity contribution in [1.29, 1.82) is 5.26 Å². The first-order valence-electron chi connectivity index (χ1n) is 4.41. The number of aryl methyl sites for hydroxylation is 1. The van der Waals surface area contributed by atoms with Crippen molar-refractivity contribution in [3.8, 4) is 6.07 Å². The van der Waals surface area contributed by atoms with Gasteiger partial charge in [0.1, 0.15) is 6.07 Å². The lowest BCUT2D eigenvalue weighted by atomic mass is 9.95. The van der Waals surface area contributed by atoms with E-state index in [1.54, 1.807) is 0 Å². The average molecular weight is 227 g/mol. The Bertz CT molecular complexity index is 483. The summed E-state index contributed by atoms with van der Waals surface area (Å²) in [6, 6.07) is 3.89. The summed E-state index contributed by atoms with van der Waals surface area (Å²) in [5, 5.41) is 8.73. The number of Topliss-reactive ketones (excluding diaryl/α,β-unsaturated/α-hetero) is 1. The SMILES string of the molecule is CC(=O)c1ccc(C)c(C(F)(F)F)c1C#N. The molecule has 0 radical (unpaired) electrons. The molecular weight excluding hydrogens is 219 g/mol. The second-order valence-electron chi connectivity index (χ2n) is 3.35. The third-order valence-electron chi connectivity index (χ3n) is 2.19. The Morgan fingerprint density at radius 3 is 2.31 bits per heavy atom. The van der Waals surface area contributed by atoms with E-state index < -0.39 is 23.1 Å². The van der Waals surface area contributed by atoms with Crippen molar-refractivity contribution in [1.82, 2.24) is 0 Å². The second kappa shape index (κ2) is 3.97. The van der Waals surface area contributed by atoms with Gasteiger partial charge >= 0.3 is 6.18 Å². The van der Waals surface area contributed by atoms with Crippen molar-refractivity contribution < 1.29 is 18.0 Å². The summed E-state index contributed by atoms with van der Waals surface area (Å²) in [4.78, 5) is 11.1. The molecule has 0 aliphatic heterocycles. The van der Waals surface area contributed by atoms with Gasteiger partial charge in [-0.3, -0.25) is 4.79 Å². The third kappa shape index (κ3) is 2.06. The van der Waals surface area contributed by atoms with Crippen LogP contribution in [0, 0.1) is 18.3 Å². The lowest BCUT2D eigenvalue weighted by Crippen LogP contribution is -2.13. The highest BCUT2D eigenvalue weighted by Crippen LogP contribution is 2.35. The molecule has 1 aromatic carbocycles. The molecule has 0 amide bonds. The Morgan fingerprint density at radius 1 is 1.38 bits per heavy atom. The zero-order chi connectivity index (χ0) is 12.5. The van der Waals surface area contributed by atoms with Gasteiger partial charge in [0.05, 0.1) is 11.1 Å². The Hall–Kier alpha value is -1.83. The molecule has 0 bridgehead atoms. The molecule has 0 saturated heterocycles. The topological polar surface area (TPSA) is 40.9 Å². The largest absolute Gasteiger partial charge is 0.417 e. The fraction of sp³-hybridized carbons (Fsp3) is 0.273. The molecule has 5 heteroatoms. The summed E-state index contributed by atoms with van der Waals surface area (Å²) >= 11 is 0. The number of alkyl halides is 3. The molecule has 1 rings (SSSR count). The molecular formula is C11H8F3NO. The first-order chi connectivity index (χ1) is 7.29. The third-order valence-corrected chi connectivity index (χ3v) is 2.19. The van der Waals surface area contributed by atoms with Gasteiger partial charge in [0.15, 0.2) is 5.78 Å². The van der Waals surface area contributed by atoms with Gasteiger partial charge in [0.2, 0.25) is 0 Å². The lowest BCUT2D eigenvalue weighted by Gasteiger charge is -2.13. The summed E-state index contributed by atoms with van der Waals surface area (Å²) in [7, 11) is 0. The number of rotatable bonds is 1. The summed E-state index contributed by atoms with van der Waals surface area (Å²) in [6.07, 6.45) is -4.62. The minimum Gasteiger partial charge on any atom is -0.294 e. The lowest BCUT2D eigenvalue weighted by molar-refractivity contribution is -0.138. The van der Waals surface area contributed by atoms with Crippen molar-refractivity contribution in [2.24, 2.45) is 0 Å². The quantitative estimate of drug-likeness (QED) is 0.691. The highest BCUT2D eigenvalue weighted by Gasteiger charge is 2.36. The van der Waals surface area contributed by atoms with Crippen LogP contribution in [0.5, 0.6) is 0 Å². The molecule has 0 spiro atoms. The van der Waals surface area contributed by atoms with E-state index in [0.29, 0.717) is 0 Å². The van der Waals surface area contributed by atoms with Crippen LogP contribution in [0.1, 0.15) is 34.0 Å². The van der Waals surface area contributed by atoms with Gasteiger partial charge in [-0.15, -0.1) is 0 Å². The normalized spacial score (nSPS) is 11.0. The molecule has 0 fully saturated rings. The predicted octanol–water partition coefficient (Wildman–Crippen LogP) is 3.09. The van der Waals surface area contributed by atoms with Crippen LogP contribution in [-0.2, 0) is 6.18 Å². The number of nitriles is 1. The minimum absolute atomic E-state index is 0.0611. The predicted molar refractivity (Wildman–Crippen MR) is 50.9 cm³/mol. The summed E-state index contributed by atoms with van der Waals surface area (Å²) in [5.41, 5.74) is -1.88. The van der Waals surface area contributed by atoms with Crippen LogP contribution < -0.4 is 0 Å². The van der Waals surface area contributed by atoms with Crippen molar-refractivity contribution >= 4 is 5.78 Å². The molecule has 0 unspecified atom stereocenters. The Balaban J connectivity index is 3.66. The van der Waals surface area contributed by atoms with Crippen LogP contribution in [0.3, 0.4) is 0 Å². The van der Waals surface area contributed by atoms with Gasteiger partial charge in [-0.05, 0) is 25.5 Å². The summed E-state index contributed by atoms with van der Waals surface area (Å²) in [6.45, 7) is 2.39. The molecule has 84 valence electrons. The van der Waals surface area contributed by atoms with Gasteiger partial charge in [0, 0.05) is 5.56 Å². The molecule has 0 aliphatic rings. The number of carbonyl (C=O) groups is 1. The first-order valence-corrected chi connectivity index (χ1v) is 4.41. The van der Waals surface area contributed by atoms with Crippen molar-refractivity contribution in [3.05, 3.63) is 34.4 Å². The first kappa shape index (κ1) is 12.2. The maximum atomic E-state index is 12.7. The van der Waals surface area contributed by atoms with Crippen molar-refractivity contribution in [2.75, 3.05) is 0 Å². The zero-order valence-electron chi connectivity index (χ0n) is 8.64. The molecule has 0 saturated carbocycles. The number of carbonyl (C=O) groups excluding carboxylic acids is 1. The van der Waals surface area contributed by atoms with E-state index in [2.05, 4.69) is 0 Å². The molecule has 0 heterocycles. The van der Waals surface area contributed by atoms with Crippen molar-refractivity contribution in [3.63, 3.8) is 0 Å². The fourth-order valence-electron chi connectivity index (χ4n) is 1.48. The van der Waals surface area contributed by atoms with Gasteiger partial charge in [-0.1, -0.05) is 6.07 Å². The van der Waals surface area contributed by atoms with E-state index in [4.69, 9.17) is 5.26 Å². The maximum Gasteiger partial charge on any atom is 0.417 e. The molecule has 1 aromatic rings. The fourth-order valence-corrected chi connectivity index (χ4v) is 1.48. The Kier molecular flexibility index (Phi) is 3.04. The van der Waals surface area contributed by atoms with Gasteiger partial charge in [-0.25, -0.2) is 0 Å². The number of benzene rings is 1. The van der Waals surface area contributed by atoms with Gasteiger partial charge < -0.3 is 0 Å². The van der Waals surface area contributed by atoms with Crippen LogP contribution in [-0.4, -0.2) is 5.78 Å². The summed E-state index contributed by atoms with van der Waals surface area (Å²) < 4.78 is 38.0.